The molecule has 10 heteroatoms. The Morgan fingerprint density at radius 1 is 1.17 bits per heavy atom. The first kappa shape index (κ1) is 25.3. The number of urea groups is 1. The van der Waals surface area contributed by atoms with Crippen molar-refractivity contribution in [3.8, 4) is 5.75 Å². The predicted molar refractivity (Wildman–Crippen MR) is 128 cm³/mol. The van der Waals surface area contributed by atoms with Crippen molar-refractivity contribution < 1.29 is 37.0 Å². The lowest BCUT2D eigenvalue weighted by molar-refractivity contribution is -0.150. The van der Waals surface area contributed by atoms with Crippen LogP contribution in [0.5, 0.6) is 5.75 Å². The molecule has 190 valence electrons. The molecule has 1 aliphatic heterocycles. The fourth-order valence-corrected chi connectivity index (χ4v) is 3.75. The maximum Gasteiger partial charge on any atom is 0.323 e. The summed E-state index contributed by atoms with van der Waals surface area (Å²) in [5, 5.41) is 4.80. The van der Waals surface area contributed by atoms with E-state index in [9.17, 15) is 22.8 Å². The van der Waals surface area contributed by atoms with E-state index >= 15 is 0 Å². The van der Waals surface area contributed by atoms with Crippen LogP contribution in [0.1, 0.15) is 37.8 Å². The lowest BCUT2D eigenvalue weighted by Gasteiger charge is -2.38. The zero-order chi connectivity index (χ0) is 25.9. The third-order valence-electron chi connectivity index (χ3n) is 5.59. The van der Waals surface area contributed by atoms with Gasteiger partial charge in [0.1, 0.15) is 11.6 Å². The van der Waals surface area contributed by atoms with E-state index in [-0.39, 0.29) is 40.7 Å². The molecule has 0 bridgehead atoms. The van der Waals surface area contributed by atoms with Gasteiger partial charge in [-0.3, -0.25) is 4.79 Å². The van der Waals surface area contributed by atoms with Crippen LogP contribution in [0, 0.1) is 5.82 Å². The van der Waals surface area contributed by atoms with Gasteiger partial charge < -0.3 is 24.8 Å². The monoisotopic (exact) mass is 502 g/mol. The average Bonchev–Trinajstić information content (AvgIpc) is 2.81. The number of carbonyl (C=O) groups is 2. The number of hydrogen-bond acceptors (Lipinski definition) is 5. The van der Waals surface area contributed by atoms with Gasteiger partial charge in [0, 0.05) is 12.1 Å². The van der Waals surface area contributed by atoms with Crippen molar-refractivity contribution in [3.05, 3.63) is 71.3 Å². The van der Waals surface area contributed by atoms with Gasteiger partial charge in [-0.15, -0.1) is 0 Å². The van der Waals surface area contributed by atoms with E-state index in [0.29, 0.717) is 31.0 Å². The van der Waals surface area contributed by atoms with Crippen LogP contribution < -0.4 is 15.4 Å². The van der Waals surface area contributed by atoms with Gasteiger partial charge in [-0.1, -0.05) is 12.1 Å². The summed E-state index contributed by atoms with van der Waals surface area (Å²) in [7, 11) is 0. The summed E-state index contributed by atoms with van der Waals surface area (Å²) < 4.78 is 58.0. The van der Waals surface area contributed by atoms with Gasteiger partial charge in [0.2, 0.25) is 5.78 Å². The fourth-order valence-electron chi connectivity index (χ4n) is 3.75. The van der Waals surface area contributed by atoms with E-state index < -0.39 is 23.9 Å². The predicted octanol–water partition coefficient (Wildman–Crippen LogP) is 5.85. The zero-order valence-electron chi connectivity index (χ0n) is 19.7. The number of allylic oxidation sites excluding steroid dienone is 4. The molecular weight excluding hydrogens is 477 g/mol. The van der Waals surface area contributed by atoms with Crippen LogP contribution in [0.25, 0.3) is 5.57 Å². The van der Waals surface area contributed by atoms with Crippen molar-refractivity contribution >= 4 is 28.8 Å². The van der Waals surface area contributed by atoms with Crippen LogP contribution in [0.2, 0.25) is 0 Å². The van der Waals surface area contributed by atoms with Gasteiger partial charge in [-0.25, -0.2) is 18.0 Å². The SMILES string of the molecule is CCOC1=CC(c2ccc(NC(=O)Nc3ccc(OC4(C)COC4)c(C(F)F)c3)c(F)c2)=CCC1=O. The highest BCUT2D eigenvalue weighted by atomic mass is 19.3. The van der Waals surface area contributed by atoms with Crippen molar-refractivity contribution in [1.29, 1.82) is 0 Å². The summed E-state index contributed by atoms with van der Waals surface area (Å²) in [4.78, 5) is 24.3. The largest absolute Gasteiger partial charge is 0.490 e. The summed E-state index contributed by atoms with van der Waals surface area (Å²) >= 11 is 0. The first-order chi connectivity index (χ1) is 17.2. The molecule has 2 N–H and O–H groups in total. The quantitative estimate of drug-likeness (QED) is 0.473. The number of Topliss-reactive ketones (excluding diaryl/α,β-unsaturated/α-hetero) is 1. The van der Waals surface area contributed by atoms with Gasteiger partial charge >= 0.3 is 6.03 Å². The van der Waals surface area contributed by atoms with Crippen LogP contribution in [-0.4, -0.2) is 37.2 Å². The number of hydrogen-bond donors (Lipinski definition) is 2. The molecule has 0 unspecified atom stereocenters. The highest BCUT2D eigenvalue weighted by molar-refractivity contribution is 6.02. The molecule has 2 aliphatic rings. The van der Waals surface area contributed by atoms with E-state index in [0.717, 1.165) is 6.07 Å². The first-order valence-corrected chi connectivity index (χ1v) is 11.3. The smallest absolute Gasteiger partial charge is 0.323 e. The molecule has 0 spiro atoms. The normalized spacial score (nSPS) is 16.6. The maximum atomic E-state index is 14.7. The zero-order valence-corrected chi connectivity index (χ0v) is 19.7. The lowest BCUT2D eigenvalue weighted by atomic mass is 9.97. The minimum absolute atomic E-state index is 0.00338. The molecule has 0 atom stereocenters. The third-order valence-corrected chi connectivity index (χ3v) is 5.59. The van der Waals surface area contributed by atoms with Gasteiger partial charge in [0.25, 0.3) is 6.43 Å². The third kappa shape index (κ3) is 5.71. The molecule has 4 rings (SSSR count). The summed E-state index contributed by atoms with van der Waals surface area (Å²) in [6, 6.07) is 7.26. The average molecular weight is 502 g/mol. The number of ether oxygens (including phenoxy) is 3. The second-order valence-corrected chi connectivity index (χ2v) is 8.60. The molecule has 1 fully saturated rings. The highest BCUT2D eigenvalue weighted by Gasteiger charge is 2.37. The molecular formula is C26H25F3N2O5. The molecule has 1 saturated heterocycles. The highest BCUT2D eigenvalue weighted by Crippen LogP contribution is 2.35. The molecule has 0 saturated carbocycles. The van der Waals surface area contributed by atoms with E-state index in [1.54, 1.807) is 32.1 Å². The second-order valence-electron chi connectivity index (χ2n) is 8.60. The van der Waals surface area contributed by atoms with Gasteiger partial charge in [-0.05, 0) is 61.4 Å². The number of nitrogens with one attached hydrogen (secondary N) is 2. The Hall–Kier alpha value is -3.79. The number of ketones is 1. The standard InChI is InChI=1S/C26H25F3N2O5/c1-3-35-23-11-16(5-8-21(23)32)15-4-7-20(19(27)10-15)31-25(33)30-17-6-9-22(18(12-17)24(28)29)36-26(2)13-34-14-26/h4-7,9-12,24H,3,8,13-14H2,1-2H3,(H2,30,31,33). The minimum Gasteiger partial charge on any atom is -0.490 e. The maximum absolute atomic E-state index is 14.7. The number of benzene rings is 2. The van der Waals surface area contributed by atoms with Crippen LogP contribution in [0.15, 0.2) is 54.3 Å². The summed E-state index contributed by atoms with van der Waals surface area (Å²) in [5.41, 5.74) is 0.0548. The Balaban J connectivity index is 1.44. The fraction of sp³-hybridized carbons (Fsp3) is 0.308. The lowest BCUT2D eigenvalue weighted by Crippen LogP contribution is -2.51. The van der Waals surface area contributed by atoms with Crippen molar-refractivity contribution in [3.63, 3.8) is 0 Å². The number of rotatable bonds is 8. The molecule has 1 heterocycles. The molecule has 2 aromatic carbocycles. The Morgan fingerprint density at radius 3 is 2.58 bits per heavy atom. The molecule has 0 aromatic heterocycles. The van der Waals surface area contributed by atoms with Gasteiger partial charge in [0.05, 0.1) is 31.1 Å². The number of anilines is 2. The van der Waals surface area contributed by atoms with Crippen molar-refractivity contribution in [1.82, 2.24) is 0 Å². The van der Waals surface area contributed by atoms with Crippen molar-refractivity contribution in [2.45, 2.75) is 32.3 Å². The number of alkyl halides is 2. The summed E-state index contributed by atoms with van der Waals surface area (Å²) in [6.45, 7) is 4.44. The molecule has 2 aromatic rings. The van der Waals surface area contributed by atoms with Crippen molar-refractivity contribution in [2.24, 2.45) is 0 Å². The molecule has 2 amide bonds. The minimum atomic E-state index is -2.83. The van der Waals surface area contributed by atoms with E-state index in [2.05, 4.69) is 10.6 Å². The van der Waals surface area contributed by atoms with E-state index in [1.807, 2.05) is 0 Å². The Labute approximate surface area is 205 Å². The molecule has 36 heavy (non-hydrogen) atoms. The number of carbonyl (C=O) groups excluding carboxylic acids is 2. The van der Waals surface area contributed by atoms with Gasteiger partial charge in [-0.2, -0.15) is 0 Å². The van der Waals surface area contributed by atoms with Crippen LogP contribution in [0.3, 0.4) is 0 Å². The molecule has 7 nitrogen and oxygen atoms in total. The van der Waals surface area contributed by atoms with Crippen LogP contribution in [0.4, 0.5) is 29.3 Å². The Morgan fingerprint density at radius 2 is 1.94 bits per heavy atom. The molecule has 1 aliphatic carbocycles. The topological polar surface area (TPSA) is 85.9 Å². The van der Waals surface area contributed by atoms with E-state index in [1.165, 1.54) is 24.3 Å². The number of amides is 2. The number of halogens is 3. The Bertz CT molecular complexity index is 1240. The molecule has 0 radical (unpaired) electrons. The summed E-state index contributed by atoms with van der Waals surface area (Å²) in [5.74, 6) is -0.646. The van der Waals surface area contributed by atoms with E-state index in [4.69, 9.17) is 14.2 Å². The Kier molecular flexibility index (Phi) is 7.35. The van der Waals surface area contributed by atoms with Gasteiger partial charge in [0.15, 0.2) is 11.4 Å². The van der Waals surface area contributed by atoms with Crippen LogP contribution >= 0.6 is 0 Å². The second kappa shape index (κ2) is 10.4. The first-order valence-electron chi connectivity index (χ1n) is 11.3. The van der Waals surface area contributed by atoms with Crippen molar-refractivity contribution in [2.75, 3.05) is 30.5 Å². The summed E-state index contributed by atoms with van der Waals surface area (Å²) in [6.07, 6.45) is 0.533. The van der Waals surface area contributed by atoms with Crippen LogP contribution in [-0.2, 0) is 14.3 Å².